The summed E-state index contributed by atoms with van der Waals surface area (Å²) in [5.74, 6) is -0.896. The van der Waals surface area contributed by atoms with E-state index in [0.717, 1.165) is 135 Å². The van der Waals surface area contributed by atoms with Crippen molar-refractivity contribution in [2.45, 2.75) is 322 Å². The van der Waals surface area contributed by atoms with Gasteiger partial charge in [-0.25, -0.2) is 0 Å². The van der Waals surface area contributed by atoms with E-state index >= 15 is 0 Å². The molecule has 0 saturated carbocycles. The third-order valence-corrected chi connectivity index (χ3v) is 14.3. The van der Waals surface area contributed by atoms with Gasteiger partial charge in [-0.05, 0) is 109 Å². The summed E-state index contributed by atoms with van der Waals surface area (Å²) in [6, 6.07) is 0. The lowest BCUT2D eigenvalue weighted by Crippen LogP contribution is -2.30. The number of hydrogen-bond acceptors (Lipinski definition) is 6. The molecule has 0 aliphatic rings. The minimum absolute atomic E-state index is 0.0834. The number of unbranched alkanes of at least 4 members (excludes halogenated alkanes) is 31. The van der Waals surface area contributed by atoms with Crippen LogP contribution in [-0.2, 0) is 28.6 Å². The second kappa shape index (κ2) is 66.6. The van der Waals surface area contributed by atoms with Crippen LogP contribution in [0, 0.1) is 0 Å². The van der Waals surface area contributed by atoms with E-state index in [9.17, 15) is 14.4 Å². The zero-order chi connectivity index (χ0) is 57.1. The van der Waals surface area contributed by atoms with Crippen molar-refractivity contribution in [2.24, 2.45) is 0 Å². The van der Waals surface area contributed by atoms with E-state index in [0.29, 0.717) is 19.3 Å². The maximum atomic E-state index is 12.9. The maximum Gasteiger partial charge on any atom is 0.306 e. The molecule has 0 aromatic carbocycles. The van der Waals surface area contributed by atoms with Crippen molar-refractivity contribution in [3.8, 4) is 0 Å². The number of hydrogen-bond donors (Lipinski definition) is 0. The average Bonchev–Trinajstić information content (AvgIpc) is 3.45. The molecule has 0 amide bonds. The van der Waals surface area contributed by atoms with Crippen LogP contribution in [0.2, 0.25) is 0 Å². The van der Waals surface area contributed by atoms with E-state index in [1.165, 1.54) is 141 Å². The van der Waals surface area contributed by atoms with Gasteiger partial charge in [-0.1, -0.05) is 297 Å². The molecule has 0 rings (SSSR count). The van der Waals surface area contributed by atoms with Crippen molar-refractivity contribution in [1.29, 1.82) is 0 Å². The highest BCUT2D eigenvalue weighted by Gasteiger charge is 2.19. The lowest BCUT2D eigenvalue weighted by atomic mass is 10.0. The van der Waals surface area contributed by atoms with Crippen LogP contribution >= 0.6 is 0 Å². The van der Waals surface area contributed by atoms with Gasteiger partial charge in [-0.3, -0.25) is 14.4 Å². The molecule has 0 fully saturated rings. The van der Waals surface area contributed by atoms with E-state index in [1.54, 1.807) is 0 Å². The molecule has 452 valence electrons. The molecule has 0 radical (unpaired) electrons. The van der Waals surface area contributed by atoms with E-state index in [-0.39, 0.29) is 31.1 Å². The van der Waals surface area contributed by atoms with Crippen molar-refractivity contribution in [1.82, 2.24) is 0 Å². The maximum absolute atomic E-state index is 12.9. The second-order valence-corrected chi connectivity index (χ2v) is 22.0. The van der Waals surface area contributed by atoms with Gasteiger partial charge < -0.3 is 14.2 Å². The number of rotatable bonds is 60. The fraction of sp³-hybridized carbons (Fsp3) is 0.712. The van der Waals surface area contributed by atoms with Crippen LogP contribution < -0.4 is 0 Å². The molecule has 0 aliphatic heterocycles. The summed E-state index contributed by atoms with van der Waals surface area (Å²) < 4.78 is 16.9. The van der Waals surface area contributed by atoms with Crippen LogP contribution in [-0.4, -0.2) is 37.2 Å². The summed E-state index contributed by atoms with van der Waals surface area (Å²) >= 11 is 0. The van der Waals surface area contributed by atoms with Gasteiger partial charge >= 0.3 is 17.9 Å². The minimum atomic E-state index is -0.789. The number of esters is 3. The first-order valence-electron chi connectivity index (χ1n) is 33.4. The van der Waals surface area contributed by atoms with Crippen molar-refractivity contribution < 1.29 is 28.6 Å². The molecule has 0 aromatic heterocycles. The number of allylic oxidation sites excluding steroid dienone is 18. The van der Waals surface area contributed by atoms with Crippen molar-refractivity contribution in [3.05, 3.63) is 109 Å². The third-order valence-electron chi connectivity index (χ3n) is 14.3. The summed E-state index contributed by atoms with van der Waals surface area (Å²) in [6.45, 7) is 6.53. The molecule has 6 nitrogen and oxygen atoms in total. The summed E-state index contributed by atoms with van der Waals surface area (Å²) in [6.07, 6.45) is 90.9. The highest BCUT2D eigenvalue weighted by atomic mass is 16.6. The molecule has 0 spiro atoms. The molecule has 1 unspecified atom stereocenters. The van der Waals surface area contributed by atoms with Crippen LogP contribution in [0.5, 0.6) is 0 Å². The molecule has 0 heterocycles. The topological polar surface area (TPSA) is 78.9 Å². The van der Waals surface area contributed by atoms with E-state index in [1.807, 2.05) is 0 Å². The number of carbonyl (C=O) groups is 3. The Hall–Kier alpha value is -3.93. The summed E-state index contributed by atoms with van der Waals surface area (Å²) in [4.78, 5) is 38.3. The molecule has 0 aromatic rings. The fourth-order valence-electron chi connectivity index (χ4n) is 9.28. The largest absolute Gasteiger partial charge is 0.462 e. The molecule has 0 aliphatic carbocycles. The Kier molecular flexibility index (Phi) is 63.3. The van der Waals surface area contributed by atoms with Crippen molar-refractivity contribution in [3.63, 3.8) is 0 Å². The van der Waals surface area contributed by atoms with Gasteiger partial charge in [0.1, 0.15) is 13.2 Å². The molecular formula is C73H124O6. The van der Waals surface area contributed by atoms with Gasteiger partial charge in [-0.15, -0.1) is 0 Å². The van der Waals surface area contributed by atoms with Gasteiger partial charge in [0.05, 0.1) is 0 Å². The lowest BCUT2D eigenvalue weighted by Gasteiger charge is -2.18. The van der Waals surface area contributed by atoms with Gasteiger partial charge in [-0.2, -0.15) is 0 Å². The zero-order valence-corrected chi connectivity index (χ0v) is 51.9. The summed E-state index contributed by atoms with van der Waals surface area (Å²) in [5.41, 5.74) is 0. The van der Waals surface area contributed by atoms with Crippen LogP contribution in [0.15, 0.2) is 109 Å². The standard InChI is InChI=1S/C73H124O6/c1-4-7-10-13-16-19-22-25-28-29-30-31-32-33-34-35-36-37-38-39-40-41-42-43-46-48-51-54-57-60-63-66-72(75)78-69-70(79-73(76)67-64-61-58-55-52-49-45-27-24-21-18-15-12-9-6-3)68-77-71(74)65-62-59-56-53-50-47-44-26-23-20-17-14-11-8-5-2/h7,10,16,19,25,27-28,30-31,33-34,36-37,39-40,42-43,45,70H,4-6,8-9,11-15,17-18,20-24,26,29,32,35,38,41,44,46-69H2,1-3H3/b10-7-,19-16-,28-25-,31-30-,34-33-,37-36-,40-39-,43-42-,45-27-. The van der Waals surface area contributed by atoms with Crippen LogP contribution in [0.3, 0.4) is 0 Å². The smallest absolute Gasteiger partial charge is 0.306 e. The first kappa shape index (κ1) is 75.1. The van der Waals surface area contributed by atoms with Crippen LogP contribution in [0.1, 0.15) is 316 Å². The number of ether oxygens (including phenoxy) is 3. The Balaban J connectivity index is 4.33. The Morgan fingerprint density at radius 1 is 0.266 bits per heavy atom. The lowest BCUT2D eigenvalue weighted by molar-refractivity contribution is -0.167. The predicted molar refractivity (Wildman–Crippen MR) is 343 cm³/mol. The molecule has 1 atom stereocenters. The fourth-order valence-corrected chi connectivity index (χ4v) is 9.28. The van der Waals surface area contributed by atoms with Crippen molar-refractivity contribution in [2.75, 3.05) is 13.2 Å². The van der Waals surface area contributed by atoms with E-state index < -0.39 is 6.10 Å². The highest BCUT2D eigenvalue weighted by molar-refractivity contribution is 5.71. The van der Waals surface area contributed by atoms with Crippen LogP contribution in [0.25, 0.3) is 0 Å². The average molecular weight is 1100 g/mol. The Labute approximate surface area is 489 Å². The van der Waals surface area contributed by atoms with Gasteiger partial charge in [0.25, 0.3) is 0 Å². The quantitative estimate of drug-likeness (QED) is 0.0261. The van der Waals surface area contributed by atoms with E-state index in [4.69, 9.17) is 14.2 Å². The minimum Gasteiger partial charge on any atom is -0.462 e. The summed E-state index contributed by atoms with van der Waals surface area (Å²) in [7, 11) is 0. The number of carbonyl (C=O) groups excluding carboxylic acids is 3. The molecular weight excluding hydrogens is 973 g/mol. The van der Waals surface area contributed by atoms with Crippen molar-refractivity contribution >= 4 is 17.9 Å². The highest BCUT2D eigenvalue weighted by Crippen LogP contribution is 2.16. The summed E-state index contributed by atoms with van der Waals surface area (Å²) in [5, 5.41) is 0. The second-order valence-electron chi connectivity index (χ2n) is 22.0. The molecule has 0 bridgehead atoms. The van der Waals surface area contributed by atoms with Gasteiger partial charge in [0.15, 0.2) is 6.10 Å². The normalized spacial score (nSPS) is 12.8. The predicted octanol–water partition coefficient (Wildman–Crippen LogP) is 23.0. The van der Waals surface area contributed by atoms with Gasteiger partial charge in [0.2, 0.25) is 0 Å². The first-order valence-corrected chi connectivity index (χ1v) is 33.4. The van der Waals surface area contributed by atoms with Crippen LogP contribution in [0.4, 0.5) is 0 Å². The molecule has 79 heavy (non-hydrogen) atoms. The SMILES string of the molecule is CC/C=C\C/C=C\C/C=C\C/C=C\C/C=C\C/C=C\C/C=C\C/C=C\CCCCCCCCC(=O)OCC(COC(=O)CCCCCCCCCCCCCCCCC)OC(=O)CCCCCCC/C=C\CCCCCCCC. The molecule has 6 heteroatoms. The zero-order valence-electron chi connectivity index (χ0n) is 51.9. The Morgan fingerprint density at radius 2 is 0.494 bits per heavy atom. The third kappa shape index (κ3) is 64.8. The first-order chi connectivity index (χ1) is 39.0. The molecule has 0 N–H and O–H groups in total. The monoisotopic (exact) mass is 1100 g/mol. The van der Waals surface area contributed by atoms with E-state index in [2.05, 4.69) is 130 Å². The molecule has 0 saturated heterocycles. The Bertz CT molecular complexity index is 1590. The van der Waals surface area contributed by atoms with Gasteiger partial charge in [0, 0.05) is 19.3 Å². The Morgan fingerprint density at radius 3 is 0.785 bits per heavy atom.